The summed E-state index contributed by atoms with van der Waals surface area (Å²) in [7, 11) is 0. The summed E-state index contributed by atoms with van der Waals surface area (Å²) in [6.07, 6.45) is 5.19. The molecule has 31 heavy (non-hydrogen) atoms. The highest BCUT2D eigenvalue weighted by Gasteiger charge is 2.46. The van der Waals surface area contributed by atoms with Gasteiger partial charge in [-0.3, -0.25) is 9.59 Å². The van der Waals surface area contributed by atoms with Gasteiger partial charge in [-0.15, -0.1) is 0 Å². The number of carbonyl (C=O) groups excluding carboxylic acids is 2. The Bertz CT molecular complexity index is 1340. The van der Waals surface area contributed by atoms with Crippen LogP contribution < -0.4 is 0 Å². The fourth-order valence-electron chi connectivity index (χ4n) is 4.50. The molecule has 2 aromatic heterocycles. The normalized spacial score (nSPS) is 18.5. The van der Waals surface area contributed by atoms with Crippen molar-refractivity contribution in [2.45, 2.75) is 25.8 Å². The number of unbranched alkanes of at least 4 members (excludes halogenated alkanes) is 1. The summed E-state index contributed by atoms with van der Waals surface area (Å²) < 4.78 is 0. The maximum absolute atomic E-state index is 13.2. The zero-order valence-corrected chi connectivity index (χ0v) is 17.2. The van der Waals surface area contributed by atoms with Crippen molar-refractivity contribution >= 4 is 39.3 Å². The number of nitrogens with one attached hydrogen (secondary N) is 2. The third-order valence-corrected chi connectivity index (χ3v) is 6.05. The number of aromatic nitrogens is 2. The van der Waals surface area contributed by atoms with E-state index >= 15 is 0 Å². The van der Waals surface area contributed by atoms with Crippen LogP contribution in [0.4, 0.5) is 0 Å². The number of fused-ring (bicyclic) bond motifs is 2. The number of Topliss-reactive ketones (excluding diaryl/α,β-unsaturated/α-hetero) is 1. The number of aliphatic hydroxyl groups is 1. The average molecular weight is 413 g/mol. The van der Waals surface area contributed by atoms with E-state index in [2.05, 4.69) is 9.97 Å². The summed E-state index contributed by atoms with van der Waals surface area (Å²) in [6, 6.07) is 14.7. The first-order valence-electron chi connectivity index (χ1n) is 10.5. The Morgan fingerprint density at radius 1 is 0.968 bits per heavy atom. The average Bonchev–Trinajstić information content (AvgIpc) is 3.47. The standard InChI is InChI=1S/C25H23N3O3/c1-2-3-12-28-22(17-13-26-19-10-6-4-8-15(17)19)21(24(30)25(28)31)23(29)18-14-27-20-11-7-5-9-16(18)20/h4-11,13-14,22,26-27,29H,2-3,12H2,1H3/b23-21+. The Labute approximate surface area is 179 Å². The number of likely N-dealkylation sites (tertiary alicyclic amines) is 1. The quantitative estimate of drug-likeness (QED) is 0.248. The van der Waals surface area contributed by atoms with Gasteiger partial charge < -0.3 is 20.0 Å². The van der Waals surface area contributed by atoms with Crippen molar-refractivity contribution in [3.05, 3.63) is 77.6 Å². The van der Waals surface area contributed by atoms with Crippen LogP contribution >= 0.6 is 0 Å². The Morgan fingerprint density at radius 3 is 2.35 bits per heavy atom. The van der Waals surface area contributed by atoms with Crippen LogP contribution in [-0.4, -0.2) is 38.2 Å². The minimum atomic E-state index is -0.644. The van der Waals surface area contributed by atoms with E-state index in [1.807, 2.05) is 61.7 Å². The molecule has 4 aromatic rings. The molecule has 1 aliphatic heterocycles. The van der Waals surface area contributed by atoms with Crippen LogP contribution in [0.25, 0.3) is 27.6 Å². The lowest BCUT2D eigenvalue weighted by Crippen LogP contribution is -2.30. The Hall–Kier alpha value is -3.80. The van der Waals surface area contributed by atoms with Crippen molar-refractivity contribution < 1.29 is 14.7 Å². The number of nitrogens with zero attached hydrogens (tertiary/aromatic N) is 1. The maximum atomic E-state index is 13.2. The van der Waals surface area contributed by atoms with Crippen molar-refractivity contribution in [2.24, 2.45) is 0 Å². The van der Waals surface area contributed by atoms with Crippen LogP contribution in [0.5, 0.6) is 0 Å². The largest absolute Gasteiger partial charge is 0.507 e. The van der Waals surface area contributed by atoms with E-state index < -0.39 is 17.7 Å². The van der Waals surface area contributed by atoms with Crippen LogP contribution in [0.15, 0.2) is 66.5 Å². The predicted octanol–water partition coefficient (Wildman–Crippen LogP) is 4.87. The number of aromatic amines is 2. The van der Waals surface area contributed by atoms with Crippen LogP contribution in [-0.2, 0) is 9.59 Å². The summed E-state index contributed by atoms with van der Waals surface area (Å²) in [5, 5.41) is 13.1. The first-order valence-corrected chi connectivity index (χ1v) is 10.5. The molecule has 0 bridgehead atoms. The molecule has 0 spiro atoms. The van der Waals surface area contributed by atoms with Crippen LogP contribution in [0.2, 0.25) is 0 Å². The maximum Gasteiger partial charge on any atom is 0.295 e. The summed E-state index contributed by atoms with van der Waals surface area (Å²) in [5.41, 5.74) is 3.25. The van der Waals surface area contributed by atoms with Gasteiger partial charge in [0.05, 0.1) is 11.6 Å². The number of H-pyrrole nitrogens is 2. The van der Waals surface area contributed by atoms with Crippen molar-refractivity contribution in [1.82, 2.24) is 14.9 Å². The molecule has 3 heterocycles. The molecule has 1 atom stereocenters. The number of hydrogen-bond acceptors (Lipinski definition) is 3. The lowest BCUT2D eigenvalue weighted by Gasteiger charge is -2.24. The molecule has 156 valence electrons. The van der Waals surface area contributed by atoms with Gasteiger partial charge in [-0.1, -0.05) is 49.7 Å². The first kappa shape index (κ1) is 19.2. The molecule has 1 aliphatic rings. The molecule has 1 fully saturated rings. The first-order chi connectivity index (χ1) is 15.1. The third-order valence-electron chi connectivity index (χ3n) is 6.05. The number of hydrogen-bond donors (Lipinski definition) is 3. The number of rotatable bonds is 5. The van der Waals surface area contributed by atoms with Gasteiger partial charge in [-0.2, -0.15) is 0 Å². The lowest BCUT2D eigenvalue weighted by atomic mass is 9.94. The molecule has 0 aliphatic carbocycles. The van der Waals surface area contributed by atoms with Crippen LogP contribution in [0.1, 0.15) is 36.9 Å². The minimum absolute atomic E-state index is 0.135. The smallest absolute Gasteiger partial charge is 0.295 e. The van der Waals surface area contributed by atoms with Crippen LogP contribution in [0, 0.1) is 0 Å². The fraction of sp³-hybridized carbons (Fsp3) is 0.200. The van der Waals surface area contributed by atoms with Gasteiger partial charge in [-0.05, 0) is 18.6 Å². The fourth-order valence-corrected chi connectivity index (χ4v) is 4.50. The van der Waals surface area contributed by atoms with Gasteiger partial charge in [0.15, 0.2) is 0 Å². The van der Waals surface area contributed by atoms with Crippen molar-refractivity contribution in [3.8, 4) is 0 Å². The molecular formula is C25H23N3O3. The van der Waals surface area contributed by atoms with Gasteiger partial charge in [0, 0.05) is 51.9 Å². The highest BCUT2D eigenvalue weighted by Crippen LogP contribution is 2.42. The van der Waals surface area contributed by atoms with E-state index in [1.54, 1.807) is 11.1 Å². The molecule has 6 nitrogen and oxygen atoms in total. The van der Waals surface area contributed by atoms with Crippen molar-refractivity contribution in [3.63, 3.8) is 0 Å². The molecule has 3 N–H and O–H groups in total. The third kappa shape index (κ3) is 2.94. The van der Waals surface area contributed by atoms with E-state index in [-0.39, 0.29) is 11.3 Å². The molecule has 1 amide bonds. The molecule has 2 aromatic carbocycles. The number of ketones is 1. The molecular weight excluding hydrogens is 390 g/mol. The molecule has 0 radical (unpaired) electrons. The zero-order chi connectivity index (χ0) is 21.5. The van der Waals surface area contributed by atoms with Gasteiger partial charge >= 0.3 is 0 Å². The monoisotopic (exact) mass is 413 g/mol. The number of amides is 1. The van der Waals surface area contributed by atoms with E-state index in [0.29, 0.717) is 12.1 Å². The van der Waals surface area contributed by atoms with Gasteiger partial charge in [-0.25, -0.2) is 0 Å². The second kappa shape index (κ2) is 7.47. The number of carbonyl (C=O) groups is 2. The number of aliphatic hydroxyl groups excluding tert-OH is 1. The zero-order valence-electron chi connectivity index (χ0n) is 17.2. The second-order valence-corrected chi connectivity index (χ2v) is 7.88. The van der Waals surface area contributed by atoms with E-state index in [4.69, 9.17) is 0 Å². The molecule has 1 saturated heterocycles. The van der Waals surface area contributed by atoms with E-state index in [1.165, 1.54) is 0 Å². The van der Waals surface area contributed by atoms with Gasteiger partial charge in [0.25, 0.3) is 11.7 Å². The lowest BCUT2D eigenvalue weighted by molar-refractivity contribution is -0.139. The van der Waals surface area contributed by atoms with Crippen molar-refractivity contribution in [1.29, 1.82) is 0 Å². The number of para-hydroxylation sites is 2. The summed E-state index contributed by atoms with van der Waals surface area (Å²) in [4.78, 5) is 34.1. The summed E-state index contributed by atoms with van der Waals surface area (Å²) in [5.74, 6) is -1.36. The predicted molar refractivity (Wildman–Crippen MR) is 121 cm³/mol. The Morgan fingerprint density at radius 2 is 1.61 bits per heavy atom. The molecule has 6 heteroatoms. The van der Waals surface area contributed by atoms with Crippen molar-refractivity contribution in [2.75, 3.05) is 6.54 Å². The molecule has 0 saturated carbocycles. The van der Waals surface area contributed by atoms with E-state index in [0.717, 1.165) is 40.2 Å². The minimum Gasteiger partial charge on any atom is -0.507 e. The van der Waals surface area contributed by atoms with Crippen LogP contribution in [0.3, 0.4) is 0 Å². The Balaban J connectivity index is 1.74. The molecule has 5 rings (SSSR count). The SMILES string of the molecule is CCCCN1C(=O)C(=O)/C(=C(/O)c2c[nH]c3ccccc23)C1c1c[nH]c2ccccc12. The van der Waals surface area contributed by atoms with E-state index in [9.17, 15) is 14.7 Å². The summed E-state index contributed by atoms with van der Waals surface area (Å²) >= 11 is 0. The Kier molecular flexibility index (Phi) is 4.62. The number of benzene rings is 2. The molecule has 1 unspecified atom stereocenters. The highest BCUT2D eigenvalue weighted by atomic mass is 16.3. The summed E-state index contributed by atoms with van der Waals surface area (Å²) in [6.45, 7) is 2.50. The topological polar surface area (TPSA) is 89.2 Å². The van der Waals surface area contributed by atoms with Gasteiger partial charge in [0.2, 0.25) is 0 Å². The highest BCUT2D eigenvalue weighted by molar-refractivity contribution is 6.46. The second-order valence-electron chi connectivity index (χ2n) is 7.88. The van der Waals surface area contributed by atoms with Gasteiger partial charge in [0.1, 0.15) is 5.76 Å².